The minimum absolute atomic E-state index is 0.325. The maximum Gasteiger partial charge on any atom is 0.0562 e. The van der Waals surface area contributed by atoms with Crippen LogP contribution in [0.25, 0.3) is 27.5 Å². The molecule has 1 aliphatic rings. The summed E-state index contributed by atoms with van der Waals surface area (Å²) in [5.41, 5.74) is 14.9. The number of hydrogen-bond acceptors (Lipinski definition) is 2. The van der Waals surface area contributed by atoms with Crippen molar-refractivity contribution in [2.45, 2.75) is 53.9 Å². The third-order valence-corrected chi connectivity index (χ3v) is 10.4. The highest BCUT2D eigenvalue weighted by molar-refractivity contribution is 6.16. The van der Waals surface area contributed by atoms with Crippen molar-refractivity contribution < 1.29 is 0 Å². The van der Waals surface area contributed by atoms with Crippen LogP contribution in [-0.4, -0.2) is 4.57 Å². The van der Waals surface area contributed by atoms with Gasteiger partial charge in [0.2, 0.25) is 0 Å². The number of rotatable bonds is 7. The fraction of sp³-hybridized carbons (Fsp3) is 0.191. The first kappa shape index (κ1) is 31.7. The summed E-state index contributed by atoms with van der Waals surface area (Å²) in [7, 11) is 0. The summed E-state index contributed by atoms with van der Waals surface area (Å²) < 4.78 is 2.44. The normalized spacial score (nSPS) is 14.1. The minimum Gasteiger partial charge on any atom is -0.314 e. The fourth-order valence-corrected chi connectivity index (χ4v) is 7.47. The quantitative estimate of drug-likeness (QED) is 0.170. The Labute approximate surface area is 296 Å². The van der Waals surface area contributed by atoms with E-state index in [-0.39, 0.29) is 0 Å². The summed E-state index contributed by atoms with van der Waals surface area (Å²) >= 11 is 0. The van der Waals surface area contributed by atoms with Crippen LogP contribution in [-0.2, 0) is 0 Å². The number of benzene rings is 6. The number of allylic oxidation sites excluding steroid dienone is 2. The average molecular weight is 652 g/mol. The molecule has 1 aromatic heterocycles. The average Bonchev–Trinajstić information content (AvgIpc) is 3.47. The maximum absolute atomic E-state index is 2.53. The smallest absolute Gasteiger partial charge is 0.0562 e. The van der Waals surface area contributed by atoms with Gasteiger partial charge in [0.15, 0.2) is 0 Å². The van der Waals surface area contributed by atoms with E-state index in [2.05, 4.69) is 195 Å². The fourth-order valence-electron chi connectivity index (χ4n) is 7.47. The van der Waals surface area contributed by atoms with Crippen LogP contribution in [0.3, 0.4) is 0 Å². The van der Waals surface area contributed by atoms with Gasteiger partial charge in [-0.05, 0) is 124 Å². The largest absolute Gasteiger partial charge is 0.314 e. The molecule has 1 heterocycles. The molecule has 248 valence electrons. The van der Waals surface area contributed by atoms with Crippen LogP contribution in [0.4, 0.5) is 28.4 Å². The Morgan fingerprint density at radius 2 is 1.02 bits per heavy atom. The highest BCUT2D eigenvalue weighted by Gasteiger charge is 2.27. The van der Waals surface area contributed by atoms with E-state index in [1.807, 2.05) is 0 Å². The van der Waals surface area contributed by atoms with Crippen LogP contribution in [0.15, 0.2) is 151 Å². The third-order valence-electron chi connectivity index (χ3n) is 10.4. The number of anilines is 5. The molecule has 0 N–H and O–H groups in total. The monoisotopic (exact) mass is 651 g/mol. The Morgan fingerprint density at radius 3 is 1.56 bits per heavy atom. The van der Waals surface area contributed by atoms with E-state index in [4.69, 9.17) is 0 Å². The summed E-state index contributed by atoms with van der Waals surface area (Å²) in [5, 5.41) is 2.54. The van der Waals surface area contributed by atoms with Gasteiger partial charge in [0.25, 0.3) is 0 Å². The van der Waals surface area contributed by atoms with Gasteiger partial charge in [0.05, 0.1) is 16.7 Å². The highest BCUT2D eigenvalue weighted by atomic mass is 15.2. The molecule has 3 heteroatoms. The van der Waals surface area contributed by atoms with Gasteiger partial charge in [-0.1, -0.05) is 97.3 Å². The Kier molecular flexibility index (Phi) is 8.07. The topological polar surface area (TPSA) is 11.4 Å². The lowest BCUT2D eigenvalue weighted by molar-refractivity contribution is 0.323. The number of aromatic nitrogens is 1. The molecule has 0 atom stereocenters. The first-order valence-corrected chi connectivity index (χ1v) is 17.9. The molecular formula is C47H45N3. The number of fused-ring (bicyclic) bond motifs is 3. The number of aryl methyl sites for hydroxylation is 3. The lowest BCUT2D eigenvalue weighted by atomic mass is 9.79. The van der Waals surface area contributed by atoms with Gasteiger partial charge >= 0.3 is 0 Å². The second kappa shape index (κ2) is 12.7. The van der Waals surface area contributed by atoms with Crippen molar-refractivity contribution in [3.8, 4) is 5.69 Å². The van der Waals surface area contributed by atoms with E-state index in [1.165, 1.54) is 62.0 Å². The van der Waals surface area contributed by atoms with E-state index in [0.717, 1.165) is 35.6 Å². The molecule has 0 bridgehead atoms. The molecule has 7 aromatic rings. The molecule has 6 aromatic carbocycles. The molecule has 0 saturated carbocycles. The zero-order valence-corrected chi connectivity index (χ0v) is 29.8. The second-order valence-electron chi connectivity index (χ2n) is 14.8. The number of para-hydroxylation sites is 1. The van der Waals surface area contributed by atoms with Crippen molar-refractivity contribution in [2.75, 3.05) is 9.80 Å². The molecule has 1 aliphatic carbocycles. The number of nitrogens with zero attached hydrogens (tertiary/aromatic N) is 3. The summed E-state index contributed by atoms with van der Waals surface area (Å²) in [6.07, 6.45) is 5.79. The van der Waals surface area contributed by atoms with Gasteiger partial charge in [-0.2, -0.15) is 0 Å². The number of hydrogen-bond donors (Lipinski definition) is 0. The Bertz CT molecular complexity index is 2280. The van der Waals surface area contributed by atoms with E-state index in [9.17, 15) is 0 Å². The van der Waals surface area contributed by atoms with Crippen molar-refractivity contribution in [2.24, 2.45) is 5.41 Å². The summed E-state index contributed by atoms with van der Waals surface area (Å²) in [6.45, 7) is 11.2. The molecule has 0 radical (unpaired) electrons. The van der Waals surface area contributed by atoms with Crippen LogP contribution in [0.1, 0.15) is 49.8 Å². The first-order valence-electron chi connectivity index (χ1n) is 17.9. The predicted octanol–water partition coefficient (Wildman–Crippen LogP) is 13.4. The van der Waals surface area contributed by atoms with Gasteiger partial charge in [-0.15, -0.1) is 0 Å². The van der Waals surface area contributed by atoms with E-state index in [0.29, 0.717) is 5.41 Å². The Balaban J connectivity index is 1.28. The predicted molar refractivity (Wildman–Crippen MR) is 214 cm³/mol. The van der Waals surface area contributed by atoms with Crippen molar-refractivity contribution in [3.63, 3.8) is 0 Å². The van der Waals surface area contributed by atoms with Crippen molar-refractivity contribution >= 4 is 50.2 Å². The minimum atomic E-state index is 0.325. The van der Waals surface area contributed by atoms with Crippen molar-refractivity contribution in [3.05, 3.63) is 168 Å². The lowest BCUT2D eigenvalue weighted by Gasteiger charge is -2.35. The molecule has 0 spiro atoms. The van der Waals surface area contributed by atoms with Gasteiger partial charge in [0.1, 0.15) is 0 Å². The molecule has 0 aliphatic heterocycles. The third kappa shape index (κ3) is 5.87. The molecule has 0 fully saturated rings. The van der Waals surface area contributed by atoms with Crippen molar-refractivity contribution in [1.29, 1.82) is 0 Å². The summed E-state index contributed by atoms with van der Waals surface area (Å²) in [5.74, 6) is 0. The molecule has 8 rings (SSSR count). The molecule has 50 heavy (non-hydrogen) atoms. The Hall–Kier alpha value is -5.54. The second-order valence-corrected chi connectivity index (χ2v) is 14.8. The summed E-state index contributed by atoms with van der Waals surface area (Å²) in [4.78, 5) is 4.86. The lowest BCUT2D eigenvalue weighted by Crippen LogP contribution is -2.23. The Morgan fingerprint density at radius 1 is 0.520 bits per heavy atom. The van der Waals surface area contributed by atoms with E-state index in [1.54, 1.807) is 0 Å². The zero-order valence-electron chi connectivity index (χ0n) is 29.8. The standard InChI is InChI=1S/C47H45N3/c1-33-13-19-36(20-14-33)48(37-21-15-34(2)16-22-37)38-25-27-40(28-26-38)50-43-10-7-6-9-42(43)46-44(11-8-12-45(46)50)49(39-23-17-35(3)18-24-39)41-29-31-47(4,5)32-30-41/h6-29H,30-32H2,1-5H3. The van der Waals surface area contributed by atoms with Crippen LogP contribution in [0.2, 0.25) is 0 Å². The maximum atomic E-state index is 2.53. The summed E-state index contributed by atoms with van der Waals surface area (Å²) in [6, 6.07) is 51.3. The zero-order chi connectivity index (χ0) is 34.4. The van der Waals surface area contributed by atoms with Gasteiger partial charge in [-0.3, -0.25) is 0 Å². The molecule has 0 amide bonds. The molecule has 0 unspecified atom stereocenters. The van der Waals surface area contributed by atoms with Gasteiger partial charge in [-0.25, -0.2) is 0 Å². The van der Waals surface area contributed by atoms with Crippen LogP contribution in [0.5, 0.6) is 0 Å². The van der Waals surface area contributed by atoms with Crippen LogP contribution in [0, 0.1) is 26.2 Å². The van der Waals surface area contributed by atoms with Crippen LogP contribution < -0.4 is 9.80 Å². The molecule has 3 nitrogen and oxygen atoms in total. The highest BCUT2D eigenvalue weighted by Crippen LogP contribution is 2.45. The van der Waals surface area contributed by atoms with E-state index >= 15 is 0 Å². The molecule has 0 saturated heterocycles. The van der Waals surface area contributed by atoms with Crippen molar-refractivity contribution in [1.82, 2.24) is 4.57 Å². The van der Waals surface area contributed by atoms with Crippen LogP contribution >= 0.6 is 0 Å². The van der Waals surface area contributed by atoms with Gasteiger partial charge in [0, 0.05) is 44.9 Å². The molecular weight excluding hydrogens is 607 g/mol. The van der Waals surface area contributed by atoms with E-state index < -0.39 is 0 Å². The van der Waals surface area contributed by atoms with Gasteiger partial charge < -0.3 is 14.4 Å². The first-order chi connectivity index (χ1) is 24.3. The SMILES string of the molecule is Cc1ccc(N(C2=CCC(C)(C)CC2)c2cccc3c2c2ccccc2n3-c2ccc(N(c3ccc(C)cc3)c3ccc(C)cc3)cc2)cc1.